The standard InChI is InChI=1S/C15H23N3O3/c1-11(20)18(15(21)13(17)8-5-9-16)14(10-19)12-6-3-2-4-7-12/h2-4,6-7,13-14,19H,5,8-10,16-17H2,1H3. The van der Waals surface area contributed by atoms with Crippen LogP contribution in [0, 0.1) is 0 Å². The fourth-order valence-corrected chi connectivity index (χ4v) is 2.18. The van der Waals surface area contributed by atoms with Crippen molar-refractivity contribution >= 4 is 11.8 Å². The van der Waals surface area contributed by atoms with E-state index < -0.39 is 23.9 Å². The average Bonchev–Trinajstić information content (AvgIpc) is 2.49. The van der Waals surface area contributed by atoms with Gasteiger partial charge in [-0.05, 0) is 24.9 Å². The lowest BCUT2D eigenvalue weighted by Crippen LogP contribution is -2.48. The van der Waals surface area contributed by atoms with E-state index in [1.807, 2.05) is 6.07 Å². The van der Waals surface area contributed by atoms with Crippen LogP contribution >= 0.6 is 0 Å². The predicted molar refractivity (Wildman–Crippen MR) is 80.1 cm³/mol. The van der Waals surface area contributed by atoms with Gasteiger partial charge in [0, 0.05) is 6.92 Å². The minimum absolute atomic E-state index is 0.348. The number of hydrogen-bond donors (Lipinski definition) is 3. The highest BCUT2D eigenvalue weighted by Crippen LogP contribution is 2.21. The highest BCUT2D eigenvalue weighted by atomic mass is 16.3. The normalized spacial score (nSPS) is 13.5. The molecule has 0 saturated heterocycles. The van der Waals surface area contributed by atoms with E-state index in [4.69, 9.17) is 11.5 Å². The van der Waals surface area contributed by atoms with E-state index in [0.29, 0.717) is 24.9 Å². The van der Waals surface area contributed by atoms with Crippen molar-refractivity contribution in [2.24, 2.45) is 11.5 Å². The topological polar surface area (TPSA) is 110 Å². The molecule has 0 saturated carbocycles. The maximum Gasteiger partial charge on any atom is 0.246 e. The number of nitrogens with zero attached hydrogens (tertiary/aromatic N) is 1. The lowest BCUT2D eigenvalue weighted by molar-refractivity contribution is -0.148. The van der Waals surface area contributed by atoms with E-state index >= 15 is 0 Å². The number of nitrogens with two attached hydrogens (primary N) is 2. The summed E-state index contributed by atoms with van der Waals surface area (Å²) in [4.78, 5) is 25.3. The zero-order chi connectivity index (χ0) is 15.8. The summed E-state index contributed by atoms with van der Waals surface area (Å²) in [6.07, 6.45) is 1.01. The number of amides is 2. The number of imide groups is 1. The van der Waals surface area contributed by atoms with Crippen molar-refractivity contribution in [3.05, 3.63) is 35.9 Å². The Morgan fingerprint density at radius 3 is 2.38 bits per heavy atom. The highest BCUT2D eigenvalue weighted by molar-refractivity contribution is 5.97. The van der Waals surface area contributed by atoms with Gasteiger partial charge < -0.3 is 16.6 Å². The Hall–Kier alpha value is -1.76. The molecule has 1 aromatic rings. The Bertz CT molecular complexity index is 464. The first kappa shape index (κ1) is 17.3. The van der Waals surface area contributed by atoms with Gasteiger partial charge in [-0.3, -0.25) is 14.5 Å². The van der Waals surface area contributed by atoms with Crippen LogP contribution in [0.3, 0.4) is 0 Å². The van der Waals surface area contributed by atoms with Crippen LogP contribution in [0.25, 0.3) is 0 Å². The minimum atomic E-state index is -0.796. The fourth-order valence-electron chi connectivity index (χ4n) is 2.18. The summed E-state index contributed by atoms with van der Waals surface area (Å²) in [5.74, 6) is -0.926. The SMILES string of the molecule is CC(=O)N(C(=O)C(N)CCCN)C(CO)c1ccccc1. The van der Waals surface area contributed by atoms with Gasteiger partial charge in [0.25, 0.3) is 0 Å². The second kappa shape index (κ2) is 8.51. The van der Waals surface area contributed by atoms with E-state index in [0.717, 1.165) is 4.90 Å². The van der Waals surface area contributed by atoms with E-state index in [1.54, 1.807) is 24.3 Å². The predicted octanol–water partition coefficient (Wildman–Crippen LogP) is 0.161. The number of hydrogen-bond acceptors (Lipinski definition) is 5. The fraction of sp³-hybridized carbons (Fsp3) is 0.467. The molecular weight excluding hydrogens is 270 g/mol. The highest BCUT2D eigenvalue weighted by Gasteiger charge is 2.31. The maximum atomic E-state index is 12.4. The number of aliphatic hydroxyl groups excluding tert-OH is 1. The zero-order valence-corrected chi connectivity index (χ0v) is 12.2. The van der Waals surface area contributed by atoms with Crippen molar-refractivity contribution in [3.63, 3.8) is 0 Å². The van der Waals surface area contributed by atoms with E-state index in [-0.39, 0.29) is 6.61 Å². The van der Waals surface area contributed by atoms with Crippen molar-refractivity contribution in [3.8, 4) is 0 Å². The Morgan fingerprint density at radius 1 is 1.29 bits per heavy atom. The first-order valence-corrected chi connectivity index (χ1v) is 6.98. The van der Waals surface area contributed by atoms with E-state index in [9.17, 15) is 14.7 Å². The molecule has 0 aromatic heterocycles. The summed E-state index contributed by atoms with van der Waals surface area (Å²) in [7, 11) is 0. The number of benzene rings is 1. The number of aliphatic hydroxyl groups is 1. The second-order valence-corrected chi connectivity index (χ2v) is 4.87. The van der Waals surface area contributed by atoms with E-state index in [2.05, 4.69) is 0 Å². The van der Waals surface area contributed by atoms with Crippen LogP contribution in [0.2, 0.25) is 0 Å². The third kappa shape index (κ3) is 4.63. The molecule has 0 radical (unpaired) electrons. The molecular formula is C15H23N3O3. The molecule has 0 heterocycles. The summed E-state index contributed by atoms with van der Waals surface area (Å²) in [6, 6.07) is 7.40. The molecule has 0 bridgehead atoms. The molecule has 6 nitrogen and oxygen atoms in total. The molecule has 0 aliphatic carbocycles. The molecule has 21 heavy (non-hydrogen) atoms. The molecule has 1 aromatic carbocycles. The van der Waals surface area contributed by atoms with Crippen LogP contribution in [0.1, 0.15) is 31.4 Å². The number of carbonyl (C=O) groups excluding carboxylic acids is 2. The van der Waals surface area contributed by atoms with Gasteiger partial charge in [-0.15, -0.1) is 0 Å². The van der Waals surface area contributed by atoms with E-state index in [1.165, 1.54) is 6.92 Å². The third-order valence-electron chi connectivity index (χ3n) is 3.28. The minimum Gasteiger partial charge on any atom is -0.394 e. The second-order valence-electron chi connectivity index (χ2n) is 4.87. The first-order valence-electron chi connectivity index (χ1n) is 6.98. The summed E-state index contributed by atoms with van der Waals surface area (Å²) in [5.41, 5.74) is 11.9. The van der Waals surface area contributed by atoms with Gasteiger partial charge in [0.05, 0.1) is 18.7 Å². The molecule has 1 rings (SSSR count). The summed E-state index contributed by atoms with van der Waals surface area (Å²) >= 11 is 0. The molecule has 2 unspecified atom stereocenters. The zero-order valence-electron chi connectivity index (χ0n) is 12.2. The Kier molecular flexibility index (Phi) is 7.01. The molecule has 2 atom stereocenters. The van der Waals surface area contributed by atoms with Crippen molar-refractivity contribution < 1.29 is 14.7 Å². The molecule has 0 aliphatic rings. The monoisotopic (exact) mass is 293 g/mol. The molecule has 5 N–H and O–H groups in total. The van der Waals surface area contributed by atoms with Crippen molar-refractivity contribution in [1.82, 2.24) is 4.90 Å². The van der Waals surface area contributed by atoms with Crippen LogP contribution < -0.4 is 11.5 Å². The largest absolute Gasteiger partial charge is 0.394 e. The summed E-state index contributed by atoms with van der Waals surface area (Å²) < 4.78 is 0. The smallest absolute Gasteiger partial charge is 0.246 e. The average molecular weight is 293 g/mol. The van der Waals surface area contributed by atoms with Gasteiger partial charge in [-0.1, -0.05) is 30.3 Å². The van der Waals surface area contributed by atoms with Crippen molar-refractivity contribution in [2.75, 3.05) is 13.2 Å². The molecule has 0 spiro atoms. The summed E-state index contributed by atoms with van der Waals surface area (Å²) in [5, 5.41) is 9.60. The van der Waals surface area contributed by atoms with Crippen LogP contribution in [0.4, 0.5) is 0 Å². The van der Waals surface area contributed by atoms with Crippen molar-refractivity contribution in [2.45, 2.75) is 31.8 Å². The van der Waals surface area contributed by atoms with Crippen molar-refractivity contribution in [1.29, 1.82) is 0 Å². The first-order chi connectivity index (χ1) is 10.0. The third-order valence-corrected chi connectivity index (χ3v) is 3.28. The quantitative estimate of drug-likeness (QED) is 0.663. The molecule has 0 fully saturated rings. The number of carbonyl (C=O) groups is 2. The Balaban J connectivity index is 2.99. The van der Waals surface area contributed by atoms with Crippen LogP contribution in [0.5, 0.6) is 0 Å². The Morgan fingerprint density at radius 2 is 1.90 bits per heavy atom. The van der Waals surface area contributed by atoms with Gasteiger partial charge in [-0.2, -0.15) is 0 Å². The van der Waals surface area contributed by atoms with Crippen LogP contribution in [0.15, 0.2) is 30.3 Å². The maximum absolute atomic E-state index is 12.4. The number of rotatable bonds is 7. The summed E-state index contributed by atoms with van der Waals surface area (Å²) in [6.45, 7) is 1.38. The molecule has 116 valence electrons. The van der Waals surface area contributed by atoms with Gasteiger partial charge in [-0.25, -0.2) is 0 Å². The molecule has 2 amide bonds. The lowest BCUT2D eigenvalue weighted by atomic mass is 10.0. The Labute approximate surface area is 124 Å². The lowest BCUT2D eigenvalue weighted by Gasteiger charge is -2.30. The van der Waals surface area contributed by atoms with Gasteiger partial charge in [0.15, 0.2) is 0 Å². The molecule has 0 aliphatic heterocycles. The van der Waals surface area contributed by atoms with Gasteiger partial charge in [0.2, 0.25) is 11.8 Å². The molecule has 6 heteroatoms. The van der Waals surface area contributed by atoms with Crippen LogP contribution in [-0.4, -0.2) is 41.0 Å². The van der Waals surface area contributed by atoms with Gasteiger partial charge in [0.1, 0.15) is 0 Å². The van der Waals surface area contributed by atoms with Crippen LogP contribution in [-0.2, 0) is 9.59 Å². The van der Waals surface area contributed by atoms with Gasteiger partial charge >= 0.3 is 0 Å².